The zero-order chi connectivity index (χ0) is 11.4. The molecule has 2 nitrogen and oxygen atoms in total. The Labute approximate surface area is 106 Å². The number of hydrogen-bond donors (Lipinski definition) is 1. The molecule has 88 valence electrons. The van der Waals surface area contributed by atoms with Crippen LogP contribution in [0.2, 0.25) is 0 Å². The highest BCUT2D eigenvalue weighted by molar-refractivity contribution is 9.10. The molecule has 1 aromatic rings. The van der Waals surface area contributed by atoms with Gasteiger partial charge in [0.05, 0.1) is 12.1 Å². The van der Waals surface area contributed by atoms with Gasteiger partial charge in [-0.25, -0.2) is 0 Å². The molecule has 0 bridgehead atoms. The van der Waals surface area contributed by atoms with Crippen LogP contribution < -0.4 is 5.32 Å². The highest BCUT2D eigenvalue weighted by Gasteiger charge is 2.33. The van der Waals surface area contributed by atoms with Crippen molar-refractivity contribution in [2.75, 3.05) is 20.3 Å². The van der Waals surface area contributed by atoms with Crippen molar-refractivity contribution in [1.29, 1.82) is 0 Å². The monoisotopic (exact) mass is 283 g/mol. The molecule has 0 aromatic heterocycles. The van der Waals surface area contributed by atoms with E-state index in [1.165, 1.54) is 18.4 Å². The van der Waals surface area contributed by atoms with E-state index >= 15 is 0 Å². The van der Waals surface area contributed by atoms with Gasteiger partial charge in [0.2, 0.25) is 0 Å². The lowest BCUT2D eigenvalue weighted by Crippen LogP contribution is -2.49. The first-order valence-electron chi connectivity index (χ1n) is 5.77. The van der Waals surface area contributed by atoms with Crippen molar-refractivity contribution in [3.05, 3.63) is 34.3 Å². The summed E-state index contributed by atoms with van der Waals surface area (Å²) in [6.45, 7) is 1.83. The van der Waals surface area contributed by atoms with E-state index < -0.39 is 0 Å². The maximum Gasteiger partial charge on any atom is 0.0686 e. The molecule has 1 heterocycles. The molecule has 1 atom stereocenters. The number of nitrogens with one attached hydrogen (secondary N) is 1. The van der Waals surface area contributed by atoms with E-state index in [1.807, 2.05) is 0 Å². The highest BCUT2D eigenvalue weighted by Crippen LogP contribution is 2.31. The summed E-state index contributed by atoms with van der Waals surface area (Å²) in [7, 11) is 1.77. The van der Waals surface area contributed by atoms with Gasteiger partial charge in [-0.3, -0.25) is 0 Å². The largest absolute Gasteiger partial charge is 0.382 e. The average Bonchev–Trinajstić information content (AvgIpc) is 2.31. The number of benzene rings is 1. The Balaban J connectivity index is 2.26. The zero-order valence-electron chi connectivity index (χ0n) is 9.63. The molecular weight excluding hydrogens is 266 g/mol. The molecular formula is C13H18BrNO. The lowest BCUT2D eigenvalue weighted by molar-refractivity contribution is 0.0883. The SMILES string of the molecule is COCC1(c2ccc(Br)cc2)CCCCN1. The third-order valence-electron chi connectivity index (χ3n) is 3.28. The summed E-state index contributed by atoms with van der Waals surface area (Å²) in [4.78, 5) is 0. The highest BCUT2D eigenvalue weighted by atomic mass is 79.9. The van der Waals surface area contributed by atoms with Crippen LogP contribution in [0.5, 0.6) is 0 Å². The summed E-state index contributed by atoms with van der Waals surface area (Å²) in [6.07, 6.45) is 3.69. The van der Waals surface area contributed by atoms with Crippen LogP contribution >= 0.6 is 15.9 Å². The smallest absolute Gasteiger partial charge is 0.0686 e. The molecule has 0 amide bonds. The summed E-state index contributed by atoms with van der Waals surface area (Å²) < 4.78 is 6.52. The van der Waals surface area contributed by atoms with Gasteiger partial charge >= 0.3 is 0 Å². The quantitative estimate of drug-likeness (QED) is 0.921. The van der Waals surface area contributed by atoms with Crippen molar-refractivity contribution in [1.82, 2.24) is 5.32 Å². The number of rotatable bonds is 3. The third kappa shape index (κ3) is 2.47. The molecule has 1 unspecified atom stereocenters. The van der Waals surface area contributed by atoms with Crippen molar-refractivity contribution in [3.63, 3.8) is 0 Å². The molecule has 0 saturated carbocycles. The minimum atomic E-state index is 0.0215. The van der Waals surface area contributed by atoms with E-state index in [2.05, 4.69) is 45.5 Å². The molecule has 2 rings (SSSR count). The first kappa shape index (κ1) is 12.1. The van der Waals surface area contributed by atoms with Crippen molar-refractivity contribution in [2.24, 2.45) is 0 Å². The second kappa shape index (κ2) is 5.30. The molecule has 1 saturated heterocycles. The fraction of sp³-hybridized carbons (Fsp3) is 0.538. The van der Waals surface area contributed by atoms with Crippen molar-refractivity contribution in [2.45, 2.75) is 24.8 Å². The molecule has 0 spiro atoms. The van der Waals surface area contributed by atoms with Gasteiger partial charge in [0.15, 0.2) is 0 Å². The van der Waals surface area contributed by atoms with Gasteiger partial charge in [0.25, 0.3) is 0 Å². The van der Waals surface area contributed by atoms with Gasteiger partial charge in [0, 0.05) is 11.6 Å². The van der Waals surface area contributed by atoms with E-state index in [4.69, 9.17) is 4.74 Å². The van der Waals surface area contributed by atoms with Crippen LogP contribution in [-0.4, -0.2) is 20.3 Å². The van der Waals surface area contributed by atoms with Gasteiger partial charge in [-0.15, -0.1) is 0 Å². The maximum atomic E-state index is 5.40. The zero-order valence-corrected chi connectivity index (χ0v) is 11.2. The van der Waals surface area contributed by atoms with E-state index in [1.54, 1.807) is 7.11 Å². The molecule has 0 aliphatic carbocycles. The Kier molecular flexibility index (Phi) is 4.00. The van der Waals surface area contributed by atoms with Crippen LogP contribution in [0.25, 0.3) is 0 Å². The standard InChI is InChI=1S/C13H18BrNO/c1-16-10-13(8-2-3-9-15-13)11-4-6-12(14)7-5-11/h4-7,15H,2-3,8-10H2,1H3. The third-order valence-corrected chi connectivity index (χ3v) is 3.81. The number of hydrogen-bond acceptors (Lipinski definition) is 2. The fourth-order valence-corrected chi connectivity index (χ4v) is 2.70. The molecule has 1 fully saturated rings. The van der Waals surface area contributed by atoms with E-state index in [9.17, 15) is 0 Å². The predicted octanol–water partition coefficient (Wildman–Crippen LogP) is 3.06. The second-order valence-corrected chi connectivity index (χ2v) is 5.32. The Hall–Kier alpha value is -0.380. The van der Waals surface area contributed by atoms with Crippen LogP contribution in [0.15, 0.2) is 28.7 Å². The average molecular weight is 284 g/mol. The normalized spacial score (nSPS) is 25.6. The van der Waals surface area contributed by atoms with E-state index in [0.29, 0.717) is 0 Å². The summed E-state index contributed by atoms with van der Waals surface area (Å²) in [5.74, 6) is 0. The second-order valence-electron chi connectivity index (χ2n) is 4.41. The number of ether oxygens (including phenoxy) is 1. The molecule has 3 heteroatoms. The molecule has 1 N–H and O–H groups in total. The summed E-state index contributed by atoms with van der Waals surface area (Å²) in [5, 5.41) is 3.63. The van der Waals surface area contributed by atoms with Crippen LogP contribution in [0.4, 0.5) is 0 Å². The van der Waals surface area contributed by atoms with Crippen LogP contribution in [-0.2, 0) is 10.3 Å². The topological polar surface area (TPSA) is 21.3 Å². The van der Waals surface area contributed by atoms with Crippen molar-refractivity contribution in [3.8, 4) is 0 Å². The predicted molar refractivity (Wildman–Crippen MR) is 69.5 cm³/mol. The van der Waals surface area contributed by atoms with Gasteiger partial charge < -0.3 is 10.1 Å². The summed E-state index contributed by atoms with van der Waals surface area (Å²) in [5.41, 5.74) is 1.35. The van der Waals surface area contributed by atoms with E-state index in [0.717, 1.165) is 24.0 Å². The van der Waals surface area contributed by atoms with Crippen LogP contribution in [0.3, 0.4) is 0 Å². The Morgan fingerprint density at radius 1 is 1.31 bits per heavy atom. The van der Waals surface area contributed by atoms with Gasteiger partial charge in [-0.2, -0.15) is 0 Å². The lowest BCUT2D eigenvalue weighted by Gasteiger charge is -2.38. The molecule has 1 aliphatic rings. The maximum absolute atomic E-state index is 5.40. The Bertz CT molecular complexity index is 325. The first-order chi connectivity index (χ1) is 7.77. The summed E-state index contributed by atoms with van der Waals surface area (Å²) in [6, 6.07) is 8.56. The Morgan fingerprint density at radius 2 is 2.06 bits per heavy atom. The molecule has 0 radical (unpaired) electrons. The number of methoxy groups -OCH3 is 1. The van der Waals surface area contributed by atoms with E-state index in [-0.39, 0.29) is 5.54 Å². The van der Waals surface area contributed by atoms with Crippen molar-refractivity contribution >= 4 is 15.9 Å². The lowest BCUT2D eigenvalue weighted by atomic mass is 9.83. The Morgan fingerprint density at radius 3 is 2.62 bits per heavy atom. The van der Waals surface area contributed by atoms with Crippen LogP contribution in [0.1, 0.15) is 24.8 Å². The molecule has 16 heavy (non-hydrogen) atoms. The van der Waals surface area contributed by atoms with Gasteiger partial charge in [-0.05, 0) is 43.5 Å². The minimum absolute atomic E-state index is 0.0215. The van der Waals surface area contributed by atoms with Crippen LogP contribution in [0, 0.1) is 0 Å². The first-order valence-corrected chi connectivity index (χ1v) is 6.56. The van der Waals surface area contributed by atoms with Gasteiger partial charge in [-0.1, -0.05) is 28.1 Å². The summed E-state index contributed by atoms with van der Waals surface area (Å²) >= 11 is 3.47. The van der Waals surface area contributed by atoms with Crippen molar-refractivity contribution < 1.29 is 4.74 Å². The minimum Gasteiger partial charge on any atom is -0.382 e. The molecule has 1 aromatic carbocycles. The molecule has 1 aliphatic heterocycles. The number of halogens is 1. The fourth-order valence-electron chi connectivity index (χ4n) is 2.44. The number of piperidine rings is 1. The van der Waals surface area contributed by atoms with Gasteiger partial charge in [0.1, 0.15) is 0 Å².